The van der Waals surface area contributed by atoms with Crippen molar-refractivity contribution >= 4 is 23.5 Å². The molecule has 1 aliphatic heterocycles. The third-order valence-corrected chi connectivity index (χ3v) is 5.94. The van der Waals surface area contributed by atoms with Crippen molar-refractivity contribution < 1.29 is 42.6 Å². The maximum absolute atomic E-state index is 13.3. The fraction of sp³-hybridized carbons (Fsp3) is 0.500. The van der Waals surface area contributed by atoms with Gasteiger partial charge in [-0.2, -0.15) is 0 Å². The molecule has 13 nitrogen and oxygen atoms in total. The molecule has 1 fully saturated rings. The molecule has 1 unspecified atom stereocenters. The van der Waals surface area contributed by atoms with Gasteiger partial charge in [-0.15, -0.1) is 0 Å². The Morgan fingerprint density at radius 3 is 2.13 bits per heavy atom. The fourth-order valence-electron chi connectivity index (χ4n) is 3.73. The number of hydrogen-bond donors (Lipinski definition) is 3. The number of benzene rings is 1. The van der Waals surface area contributed by atoms with E-state index in [9.17, 15) is 19.2 Å². The molecular formula is C26H34N4O9. The molecule has 4 atom stereocenters. The molecule has 3 rings (SSSR count). The van der Waals surface area contributed by atoms with Crippen LogP contribution in [0, 0.1) is 0 Å². The molecule has 0 aliphatic carbocycles. The van der Waals surface area contributed by atoms with Gasteiger partial charge in [-0.3, -0.25) is 19.2 Å². The Labute approximate surface area is 225 Å². The molecule has 0 radical (unpaired) electrons. The van der Waals surface area contributed by atoms with Gasteiger partial charge in [0.25, 0.3) is 5.91 Å². The zero-order chi connectivity index (χ0) is 28.4. The average molecular weight is 547 g/mol. The van der Waals surface area contributed by atoms with Crippen LogP contribution in [0.2, 0.25) is 0 Å². The number of nitrogens with zero attached hydrogens (tertiary/aromatic N) is 1. The largest absolute Gasteiger partial charge is 0.464 e. The number of carbonyl (C=O) groups excluding carboxylic acids is 4. The minimum atomic E-state index is -1.18. The second-order valence-electron chi connectivity index (χ2n) is 9.10. The Bertz CT molecular complexity index is 1130. The first kappa shape index (κ1) is 29.7. The van der Waals surface area contributed by atoms with Crippen molar-refractivity contribution in [1.29, 1.82) is 0 Å². The Morgan fingerprint density at radius 1 is 0.974 bits per heavy atom. The topological polar surface area (TPSA) is 171 Å². The van der Waals surface area contributed by atoms with Gasteiger partial charge in [-0.25, -0.2) is 0 Å². The van der Waals surface area contributed by atoms with E-state index >= 15 is 0 Å². The van der Waals surface area contributed by atoms with Gasteiger partial charge in [-0.05, 0) is 25.8 Å². The summed E-state index contributed by atoms with van der Waals surface area (Å²) in [6.07, 6.45) is 0.238. The molecular weight excluding hydrogens is 512 g/mol. The van der Waals surface area contributed by atoms with Crippen LogP contribution >= 0.6 is 0 Å². The number of ketones is 1. The summed E-state index contributed by atoms with van der Waals surface area (Å²) < 4.78 is 25.6. The van der Waals surface area contributed by atoms with Crippen LogP contribution < -0.4 is 20.7 Å². The molecule has 0 bridgehead atoms. The highest BCUT2D eigenvalue weighted by atomic mass is 16.6. The van der Waals surface area contributed by atoms with Crippen LogP contribution in [0.25, 0.3) is 0 Å². The summed E-state index contributed by atoms with van der Waals surface area (Å²) in [5.41, 5.74) is -0.225. The number of Topliss-reactive ketones (excluding diaryl/α,β-unsaturated/α-hetero) is 1. The van der Waals surface area contributed by atoms with Gasteiger partial charge in [-0.1, -0.05) is 35.5 Å². The predicted octanol–water partition coefficient (Wildman–Crippen LogP) is 0.0348. The first-order valence-corrected chi connectivity index (χ1v) is 12.4. The molecule has 1 aromatic carbocycles. The molecule has 0 spiro atoms. The molecule has 1 saturated heterocycles. The van der Waals surface area contributed by atoms with Crippen molar-refractivity contribution in [3.05, 3.63) is 47.7 Å². The van der Waals surface area contributed by atoms with E-state index in [2.05, 4.69) is 21.1 Å². The molecule has 0 saturated carbocycles. The zero-order valence-electron chi connectivity index (χ0n) is 22.4. The highest BCUT2D eigenvalue weighted by Gasteiger charge is 2.50. The normalized spacial score (nSPS) is 18.4. The lowest BCUT2D eigenvalue weighted by molar-refractivity contribution is -0.134. The van der Waals surface area contributed by atoms with E-state index in [-0.39, 0.29) is 43.7 Å². The fourth-order valence-corrected chi connectivity index (χ4v) is 3.73. The second kappa shape index (κ2) is 13.8. The third kappa shape index (κ3) is 8.34. The summed E-state index contributed by atoms with van der Waals surface area (Å²) in [6, 6.07) is 7.26. The second-order valence-corrected chi connectivity index (χ2v) is 9.10. The van der Waals surface area contributed by atoms with E-state index in [4.69, 9.17) is 23.5 Å². The molecule has 3 N–H and O–H groups in total. The SMILES string of the molecule is CCOc1cc(C(=O)N[C@@H](COC)C(=O)N[C@@H](COC)C(=O)NC(Cc2ccccc2)C(=O)[C@@]2(C)CO2)no1. The summed E-state index contributed by atoms with van der Waals surface area (Å²) >= 11 is 0. The van der Waals surface area contributed by atoms with Crippen molar-refractivity contribution in [3.8, 4) is 5.95 Å². The minimum absolute atomic E-state index is 0.0530. The highest BCUT2D eigenvalue weighted by Crippen LogP contribution is 2.29. The Morgan fingerprint density at radius 2 is 1.56 bits per heavy atom. The van der Waals surface area contributed by atoms with Gasteiger partial charge in [0.05, 0.1) is 38.5 Å². The number of amides is 3. The number of methoxy groups -OCH3 is 2. The number of rotatable bonds is 16. The third-order valence-electron chi connectivity index (χ3n) is 5.94. The molecule has 2 heterocycles. The van der Waals surface area contributed by atoms with E-state index in [1.165, 1.54) is 20.3 Å². The lowest BCUT2D eigenvalue weighted by atomic mass is 9.94. The number of nitrogens with one attached hydrogen (secondary N) is 3. The highest BCUT2D eigenvalue weighted by molar-refractivity contribution is 5.99. The van der Waals surface area contributed by atoms with Crippen LogP contribution in [0.4, 0.5) is 0 Å². The quantitative estimate of drug-likeness (QED) is 0.244. The van der Waals surface area contributed by atoms with Gasteiger partial charge >= 0.3 is 5.95 Å². The smallest absolute Gasteiger partial charge is 0.311 e. The molecule has 1 aromatic heterocycles. The van der Waals surface area contributed by atoms with Gasteiger partial charge < -0.3 is 39.4 Å². The number of ether oxygens (including phenoxy) is 4. The Balaban J connectivity index is 1.69. The van der Waals surface area contributed by atoms with E-state index in [1.807, 2.05) is 30.3 Å². The molecule has 2 aromatic rings. The molecule has 3 amide bonds. The number of epoxide rings is 1. The summed E-state index contributed by atoms with van der Waals surface area (Å²) in [4.78, 5) is 52.1. The van der Waals surface area contributed by atoms with Crippen LogP contribution in [0.5, 0.6) is 5.95 Å². The standard InChI is InChI=1S/C26H34N4O9/c1-5-37-21-12-18(30-39-21)23(32)28-20(14-36-4)25(34)29-19(13-35-3)24(33)27-17(22(31)26(2)15-38-26)11-16-9-7-6-8-10-16/h6-10,12,17,19-20H,5,11,13-15H2,1-4H3,(H,27,33)(H,28,32)(H,29,34)/t17?,19-,20-,26+/m0/s1. The summed E-state index contributed by atoms with van der Waals surface area (Å²) in [5.74, 6) is -2.27. The van der Waals surface area contributed by atoms with Crippen LogP contribution in [-0.4, -0.2) is 93.0 Å². The lowest BCUT2D eigenvalue weighted by Gasteiger charge is -2.25. The van der Waals surface area contributed by atoms with E-state index in [0.29, 0.717) is 6.61 Å². The maximum atomic E-state index is 13.3. The predicted molar refractivity (Wildman–Crippen MR) is 136 cm³/mol. The average Bonchev–Trinajstić information content (AvgIpc) is 3.50. The van der Waals surface area contributed by atoms with Gasteiger partial charge in [0.1, 0.15) is 17.7 Å². The first-order chi connectivity index (χ1) is 18.7. The van der Waals surface area contributed by atoms with Crippen LogP contribution in [0.15, 0.2) is 40.9 Å². The maximum Gasteiger partial charge on any atom is 0.311 e. The summed E-state index contributed by atoms with van der Waals surface area (Å²) in [6.45, 7) is 3.61. The molecule has 212 valence electrons. The van der Waals surface area contributed by atoms with Gasteiger partial charge in [0.15, 0.2) is 11.5 Å². The molecule has 39 heavy (non-hydrogen) atoms. The lowest BCUT2D eigenvalue weighted by Crippen LogP contribution is -2.59. The monoisotopic (exact) mass is 546 g/mol. The van der Waals surface area contributed by atoms with Crippen molar-refractivity contribution in [2.45, 2.75) is 44.0 Å². The van der Waals surface area contributed by atoms with Gasteiger partial charge in [0.2, 0.25) is 11.8 Å². The van der Waals surface area contributed by atoms with Crippen molar-refractivity contribution in [2.24, 2.45) is 0 Å². The van der Waals surface area contributed by atoms with Crippen molar-refractivity contribution in [3.63, 3.8) is 0 Å². The number of carbonyl (C=O) groups is 4. The summed E-state index contributed by atoms with van der Waals surface area (Å²) in [5, 5.41) is 11.4. The van der Waals surface area contributed by atoms with Crippen LogP contribution in [-0.2, 0) is 35.0 Å². The van der Waals surface area contributed by atoms with Crippen LogP contribution in [0.3, 0.4) is 0 Å². The minimum Gasteiger partial charge on any atom is -0.464 e. The van der Waals surface area contributed by atoms with Crippen molar-refractivity contribution in [2.75, 3.05) is 40.6 Å². The number of hydrogen-bond acceptors (Lipinski definition) is 10. The molecule has 1 aliphatic rings. The van der Waals surface area contributed by atoms with E-state index in [0.717, 1.165) is 5.56 Å². The van der Waals surface area contributed by atoms with E-state index < -0.39 is 41.4 Å². The van der Waals surface area contributed by atoms with Crippen molar-refractivity contribution in [1.82, 2.24) is 21.1 Å². The Kier molecular flexibility index (Phi) is 10.5. The van der Waals surface area contributed by atoms with E-state index in [1.54, 1.807) is 13.8 Å². The number of aromatic nitrogens is 1. The van der Waals surface area contributed by atoms with Gasteiger partial charge in [0, 0.05) is 14.2 Å². The first-order valence-electron chi connectivity index (χ1n) is 12.4. The molecule has 13 heteroatoms. The zero-order valence-corrected chi connectivity index (χ0v) is 22.4. The Hall–Kier alpha value is -3.81. The van der Waals surface area contributed by atoms with Crippen LogP contribution in [0.1, 0.15) is 29.9 Å². The summed E-state index contributed by atoms with van der Waals surface area (Å²) in [7, 11) is 2.72.